The molecular weight excluding hydrogens is 324 g/mol. The summed E-state index contributed by atoms with van der Waals surface area (Å²) >= 11 is 5.93. The van der Waals surface area contributed by atoms with Crippen LogP contribution in [0.5, 0.6) is 0 Å². The lowest BCUT2D eigenvalue weighted by atomic mass is 9.93. The minimum Gasteiger partial charge on any atom is -0.393 e. The second-order valence-electron chi connectivity index (χ2n) is 7.01. The van der Waals surface area contributed by atoms with Crippen LogP contribution in [-0.2, 0) is 6.42 Å². The van der Waals surface area contributed by atoms with E-state index >= 15 is 0 Å². The maximum atomic E-state index is 10.4. The lowest BCUT2D eigenvalue weighted by Crippen LogP contribution is -2.42. The van der Waals surface area contributed by atoms with Gasteiger partial charge in [0.15, 0.2) is 0 Å². The first kappa shape index (κ1) is 19.1. The number of hydrogen-bond acceptors (Lipinski definition) is 2. The van der Waals surface area contributed by atoms with Crippen molar-refractivity contribution < 1.29 is 9.90 Å². The van der Waals surface area contributed by atoms with E-state index < -0.39 is 6.03 Å². The molecule has 1 aromatic rings. The number of aliphatic hydroxyl groups excluding tert-OH is 1. The number of nitrogens with two attached hydrogens (primary N) is 1. The highest BCUT2D eigenvalue weighted by Gasteiger charge is 2.20. The van der Waals surface area contributed by atoms with E-state index in [4.69, 9.17) is 17.3 Å². The van der Waals surface area contributed by atoms with Crippen molar-refractivity contribution in [1.29, 1.82) is 0 Å². The largest absolute Gasteiger partial charge is 0.393 e. The van der Waals surface area contributed by atoms with Gasteiger partial charge in [-0.15, -0.1) is 0 Å². The third-order valence-corrected chi connectivity index (χ3v) is 5.12. The molecule has 2 aliphatic carbocycles. The number of halogens is 1. The van der Waals surface area contributed by atoms with Gasteiger partial charge in [-0.05, 0) is 55.7 Å². The Kier molecular flexibility index (Phi) is 7.86. The van der Waals surface area contributed by atoms with Crippen LogP contribution >= 0.6 is 11.6 Å². The molecule has 2 atom stereocenters. The maximum Gasteiger partial charge on any atom is 0.312 e. The van der Waals surface area contributed by atoms with Crippen LogP contribution in [0.3, 0.4) is 0 Å². The molecule has 2 fully saturated rings. The monoisotopic (exact) mass is 352 g/mol. The number of nitrogens with one attached hydrogen (secondary N) is 1. The van der Waals surface area contributed by atoms with Crippen molar-refractivity contribution in [3.63, 3.8) is 0 Å². The van der Waals surface area contributed by atoms with Gasteiger partial charge in [-0.1, -0.05) is 49.4 Å². The van der Waals surface area contributed by atoms with Gasteiger partial charge in [-0.2, -0.15) is 0 Å². The third-order valence-electron chi connectivity index (χ3n) is 4.88. The predicted molar refractivity (Wildman–Crippen MR) is 98.1 cm³/mol. The molecule has 1 aromatic carbocycles. The quantitative estimate of drug-likeness (QED) is 0.768. The SMILES string of the molecule is Clc1cccc(CC2CCCC2)c1.NC(=O)NC1CCCC(O)C1. The number of hydrogen-bond donors (Lipinski definition) is 3. The molecular formula is C19H29ClN2O2. The van der Waals surface area contributed by atoms with Crippen molar-refractivity contribution in [2.45, 2.75) is 69.9 Å². The van der Waals surface area contributed by atoms with Gasteiger partial charge in [0.05, 0.1) is 6.10 Å². The highest BCUT2D eigenvalue weighted by Crippen LogP contribution is 2.28. The fourth-order valence-electron chi connectivity index (χ4n) is 3.71. The number of carbonyl (C=O) groups is 1. The predicted octanol–water partition coefficient (Wildman–Crippen LogP) is 4.03. The van der Waals surface area contributed by atoms with Gasteiger partial charge in [-0.25, -0.2) is 4.79 Å². The Morgan fingerprint density at radius 3 is 2.58 bits per heavy atom. The fourth-order valence-corrected chi connectivity index (χ4v) is 3.92. The van der Waals surface area contributed by atoms with Crippen LogP contribution in [0.25, 0.3) is 0 Å². The molecule has 0 radical (unpaired) electrons. The van der Waals surface area contributed by atoms with E-state index in [-0.39, 0.29) is 12.1 Å². The van der Waals surface area contributed by atoms with Crippen LogP contribution < -0.4 is 11.1 Å². The molecule has 0 aliphatic heterocycles. The minimum atomic E-state index is -0.496. The molecule has 5 heteroatoms. The van der Waals surface area contributed by atoms with E-state index in [0.717, 1.165) is 30.2 Å². The van der Waals surface area contributed by atoms with Crippen LogP contribution in [0.15, 0.2) is 24.3 Å². The standard InChI is InChI=1S/C12H15Cl.C7H14N2O2/c13-12-7-3-6-11(9-12)8-10-4-1-2-5-10;8-7(11)9-5-2-1-3-6(10)4-5/h3,6-7,9-10H,1-2,4-5,8H2;5-6,10H,1-4H2,(H3,8,9,11). The topological polar surface area (TPSA) is 75.4 Å². The number of rotatable bonds is 3. The molecule has 0 aromatic heterocycles. The van der Waals surface area contributed by atoms with E-state index in [2.05, 4.69) is 17.4 Å². The smallest absolute Gasteiger partial charge is 0.312 e. The molecule has 0 spiro atoms. The summed E-state index contributed by atoms with van der Waals surface area (Å²) in [6.45, 7) is 0. The van der Waals surface area contributed by atoms with Crippen molar-refractivity contribution in [3.8, 4) is 0 Å². The van der Waals surface area contributed by atoms with Crippen molar-refractivity contribution in [2.75, 3.05) is 0 Å². The Morgan fingerprint density at radius 2 is 1.96 bits per heavy atom. The first-order chi connectivity index (χ1) is 11.5. The Labute approximate surface area is 149 Å². The normalized spacial score (nSPS) is 24.1. The average Bonchev–Trinajstić information content (AvgIpc) is 3.00. The zero-order valence-corrected chi connectivity index (χ0v) is 15.0. The molecule has 2 unspecified atom stereocenters. The molecule has 2 aliphatic rings. The molecule has 3 rings (SSSR count). The second kappa shape index (κ2) is 9.90. The fraction of sp³-hybridized carbons (Fsp3) is 0.632. The molecule has 134 valence electrons. The van der Waals surface area contributed by atoms with Crippen LogP contribution in [0, 0.1) is 5.92 Å². The number of primary amides is 1. The number of amides is 2. The molecule has 0 saturated heterocycles. The van der Waals surface area contributed by atoms with Gasteiger partial charge in [0.1, 0.15) is 0 Å². The van der Waals surface area contributed by atoms with Gasteiger partial charge in [0.2, 0.25) is 0 Å². The van der Waals surface area contributed by atoms with E-state index in [9.17, 15) is 9.90 Å². The Balaban J connectivity index is 0.000000177. The minimum absolute atomic E-state index is 0.0799. The highest BCUT2D eigenvalue weighted by molar-refractivity contribution is 6.30. The van der Waals surface area contributed by atoms with E-state index in [1.165, 1.54) is 37.7 Å². The summed E-state index contributed by atoms with van der Waals surface area (Å²) in [6.07, 6.45) is 10.0. The summed E-state index contributed by atoms with van der Waals surface area (Å²) in [5.41, 5.74) is 6.34. The second-order valence-corrected chi connectivity index (χ2v) is 7.45. The summed E-state index contributed by atoms with van der Waals surface area (Å²) in [4.78, 5) is 10.4. The number of aliphatic hydroxyl groups is 1. The van der Waals surface area contributed by atoms with Crippen molar-refractivity contribution >= 4 is 17.6 Å². The molecule has 0 heterocycles. The van der Waals surface area contributed by atoms with E-state index in [1.807, 2.05) is 12.1 Å². The van der Waals surface area contributed by atoms with Crippen molar-refractivity contribution in [2.24, 2.45) is 11.7 Å². The van der Waals surface area contributed by atoms with E-state index in [1.54, 1.807) is 0 Å². The Hall–Kier alpha value is -1.26. The lowest BCUT2D eigenvalue weighted by molar-refractivity contribution is 0.114. The summed E-state index contributed by atoms with van der Waals surface area (Å²) < 4.78 is 0. The van der Waals surface area contributed by atoms with Crippen LogP contribution in [-0.4, -0.2) is 23.3 Å². The molecule has 2 amide bonds. The highest BCUT2D eigenvalue weighted by atomic mass is 35.5. The summed E-state index contributed by atoms with van der Waals surface area (Å²) in [7, 11) is 0. The number of carbonyl (C=O) groups excluding carboxylic acids is 1. The molecule has 4 N–H and O–H groups in total. The third kappa shape index (κ3) is 7.10. The average molecular weight is 353 g/mol. The van der Waals surface area contributed by atoms with Gasteiger partial charge in [0, 0.05) is 11.1 Å². The Morgan fingerprint density at radius 1 is 1.21 bits per heavy atom. The number of benzene rings is 1. The Bertz CT molecular complexity index is 518. The molecule has 2 saturated carbocycles. The number of urea groups is 1. The molecule has 4 nitrogen and oxygen atoms in total. The van der Waals surface area contributed by atoms with Crippen LogP contribution in [0.2, 0.25) is 5.02 Å². The zero-order chi connectivity index (χ0) is 17.4. The first-order valence-electron chi connectivity index (χ1n) is 9.01. The van der Waals surface area contributed by atoms with Crippen LogP contribution in [0.4, 0.5) is 4.79 Å². The van der Waals surface area contributed by atoms with Gasteiger partial charge < -0.3 is 16.2 Å². The summed E-state index contributed by atoms with van der Waals surface area (Å²) in [5, 5.41) is 12.7. The van der Waals surface area contributed by atoms with E-state index in [0.29, 0.717) is 6.42 Å². The zero-order valence-electron chi connectivity index (χ0n) is 14.2. The van der Waals surface area contributed by atoms with Gasteiger partial charge in [0.25, 0.3) is 0 Å². The summed E-state index contributed by atoms with van der Waals surface area (Å²) in [6, 6.07) is 7.86. The molecule has 0 bridgehead atoms. The lowest BCUT2D eigenvalue weighted by Gasteiger charge is -2.25. The first-order valence-corrected chi connectivity index (χ1v) is 9.39. The van der Waals surface area contributed by atoms with Gasteiger partial charge in [-0.3, -0.25) is 0 Å². The molecule has 24 heavy (non-hydrogen) atoms. The van der Waals surface area contributed by atoms with Crippen molar-refractivity contribution in [1.82, 2.24) is 5.32 Å². The van der Waals surface area contributed by atoms with Crippen molar-refractivity contribution in [3.05, 3.63) is 34.9 Å². The van der Waals surface area contributed by atoms with Crippen LogP contribution in [0.1, 0.15) is 56.9 Å². The van der Waals surface area contributed by atoms with Gasteiger partial charge >= 0.3 is 6.03 Å². The summed E-state index contributed by atoms with van der Waals surface area (Å²) in [5.74, 6) is 0.915. The maximum absolute atomic E-state index is 10.4.